The van der Waals surface area contributed by atoms with Gasteiger partial charge in [-0.2, -0.15) is 0 Å². The number of imidazole rings is 1. The van der Waals surface area contributed by atoms with Crippen LogP contribution in [-0.4, -0.2) is 42.8 Å². The van der Waals surface area contributed by atoms with E-state index in [1.807, 2.05) is 11.6 Å². The molecule has 3 aromatic heterocycles. The SMILES string of the molecule is CCc1nnc(C2CCN(c3ncnc4c3ncn4C)CC2)s1. The van der Waals surface area contributed by atoms with Gasteiger partial charge in [-0.15, -0.1) is 21.5 Å². The van der Waals surface area contributed by atoms with Crippen LogP contribution in [0.1, 0.15) is 35.7 Å². The van der Waals surface area contributed by atoms with Crippen molar-refractivity contribution in [2.24, 2.45) is 7.05 Å². The van der Waals surface area contributed by atoms with Gasteiger partial charge in [0.25, 0.3) is 0 Å². The second-order valence-corrected chi connectivity index (χ2v) is 6.97. The molecule has 0 amide bonds. The average Bonchev–Trinajstić information content (AvgIpc) is 3.22. The number of fused-ring (bicyclic) bond motifs is 1. The van der Waals surface area contributed by atoms with E-state index in [4.69, 9.17) is 0 Å². The zero-order chi connectivity index (χ0) is 15.8. The fourth-order valence-corrected chi connectivity index (χ4v) is 4.03. The molecule has 0 bridgehead atoms. The largest absolute Gasteiger partial charge is 0.355 e. The molecule has 0 atom stereocenters. The molecule has 0 aromatic carbocycles. The second kappa shape index (κ2) is 5.84. The zero-order valence-electron chi connectivity index (χ0n) is 13.3. The number of piperidine rings is 1. The molecule has 0 unspecified atom stereocenters. The van der Waals surface area contributed by atoms with Gasteiger partial charge in [-0.25, -0.2) is 15.0 Å². The van der Waals surface area contributed by atoms with E-state index in [9.17, 15) is 0 Å². The predicted molar refractivity (Wildman–Crippen MR) is 89.8 cm³/mol. The first-order valence-corrected chi connectivity index (χ1v) is 8.77. The van der Waals surface area contributed by atoms with Crippen LogP contribution in [0.3, 0.4) is 0 Å². The molecule has 0 saturated carbocycles. The van der Waals surface area contributed by atoms with Crippen LogP contribution in [-0.2, 0) is 13.5 Å². The summed E-state index contributed by atoms with van der Waals surface area (Å²) in [5.41, 5.74) is 1.77. The lowest BCUT2D eigenvalue weighted by Gasteiger charge is -2.31. The molecule has 1 fully saturated rings. The normalized spacial score (nSPS) is 16.3. The molecule has 0 radical (unpaired) electrons. The van der Waals surface area contributed by atoms with E-state index >= 15 is 0 Å². The highest BCUT2D eigenvalue weighted by Crippen LogP contribution is 2.33. The van der Waals surface area contributed by atoms with E-state index in [-0.39, 0.29) is 0 Å². The van der Waals surface area contributed by atoms with Gasteiger partial charge >= 0.3 is 0 Å². The highest BCUT2D eigenvalue weighted by molar-refractivity contribution is 7.11. The molecule has 0 N–H and O–H groups in total. The lowest BCUT2D eigenvalue weighted by molar-refractivity contribution is 0.499. The lowest BCUT2D eigenvalue weighted by Crippen LogP contribution is -2.33. The van der Waals surface area contributed by atoms with Crippen LogP contribution in [0.5, 0.6) is 0 Å². The molecule has 4 rings (SSSR count). The summed E-state index contributed by atoms with van der Waals surface area (Å²) in [6.45, 7) is 4.06. The van der Waals surface area contributed by atoms with Crippen LogP contribution in [0.15, 0.2) is 12.7 Å². The Morgan fingerprint density at radius 2 is 2.00 bits per heavy atom. The van der Waals surface area contributed by atoms with Crippen LogP contribution in [0.2, 0.25) is 0 Å². The Hall–Kier alpha value is -2.09. The topological polar surface area (TPSA) is 72.6 Å². The Balaban J connectivity index is 1.52. The van der Waals surface area contributed by atoms with Crippen LogP contribution in [0.4, 0.5) is 5.82 Å². The Kier molecular flexibility index (Phi) is 3.68. The summed E-state index contributed by atoms with van der Waals surface area (Å²) in [7, 11) is 1.96. The number of aryl methyl sites for hydroxylation is 2. The molecule has 4 heterocycles. The van der Waals surface area contributed by atoms with Gasteiger partial charge in [-0.05, 0) is 19.3 Å². The Morgan fingerprint density at radius 3 is 2.74 bits per heavy atom. The zero-order valence-corrected chi connectivity index (χ0v) is 14.1. The Morgan fingerprint density at radius 1 is 1.17 bits per heavy atom. The molecular formula is C15H19N7S. The van der Waals surface area contributed by atoms with Crippen LogP contribution >= 0.6 is 11.3 Å². The molecular weight excluding hydrogens is 310 g/mol. The fourth-order valence-electron chi connectivity index (χ4n) is 3.08. The minimum absolute atomic E-state index is 0.519. The minimum Gasteiger partial charge on any atom is -0.355 e. The van der Waals surface area contributed by atoms with Crippen LogP contribution in [0, 0.1) is 0 Å². The first kappa shape index (κ1) is 14.5. The minimum atomic E-state index is 0.519. The van der Waals surface area contributed by atoms with Gasteiger partial charge in [-0.3, -0.25) is 0 Å². The van der Waals surface area contributed by atoms with Crippen LogP contribution in [0.25, 0.3) is 11.2 Å². The number of anilines is 1. The first-order chi connectivity index (χ1) is 11.3. The Labute approximate surface area is 138 Å². The highest BCUT2D eigenvalue weighted by atomic mass is 32.1. The summed E-state index contributed by atoms with van der Waals surface area (Å²) in [4.78, 5) is 15.6. The maximum atomic E-state index is 4.47. The smallest absolute Gasteiger partial charge is 0.165 e. The summed E-state index contributed by atoms with van der Waals surface area (Å²) in [6, 6.07) is 0. The van der Waals surface area contributed by atoms with Crippen LogP contribution < -0.4 is 4.90 Å². The molecule has 7 nitrogen and oxygen atoms in total. The predicted octanol–water partition coefficient (Wildman–Crippen LogP) is 2.16. The van der Waals surface area contributed by atoms with E-state index < -0.39 is 0 Å². The maximum absolute atomic E-state index is 4.47. The number of aromatic nitrogens is 6. The van der Waals surface area contributed by atoms with E-state index in [0.717, 1.165) is 54.3 Å². The number of hydrogen-bond acceptors (Lipinski definition) is 7. The van der Waals surface area contributed by atoms with Crippen molar-refractivity contribution in [2.75, 3.05) is 18.0 Å². The van der Waals surface area contributed by atoms with Crippen molar-refractivity contribution in [3.05, 3.63) is 22.7 Å². The van der Waals surface area contributed by atoms with Crippen molar-refractivity contribution in [2.45, 2.75) is 32.1 Å². The van der Waals surface area contributed by atoms with Gasteiger partial charge in [0.1, 0.15) is 16.3 Å². The summed E-state index contributed by atoms with van der Waals surface area (Å²) in [6.07, 6.45) is 6.55. The van der Waals surface area contributed by atoms with Crippen molar-refractivity contribution in [3.63, 3.8) is 0 Å². The third kappa shape index (κ3) is 2.56. The van der Waals surface area contributed by atoms with Crippen molar-refractivity contribution in [1.82, 2.24) is 29.7 Å². The first-order valence-electron chi connectivity index (χ1n) is 7.95. The lowest BCUT2D eigenvalue weighted by atomic mass is 9.97. The van der Waals surface area contributed by atoms with Gasteiger partial charge in [0.05, 0.1) is 6.33 Å². The third-order valence-corrected chi connectivity index (χ3v) is 5.64. The Bertz CT molecular complexity index is 816. The molecule has 120 valence electrons. The third-order valence-electron chi connectivity index (χ3n) is 4.41. The number of nitrogens with zero attached hydrogens (tertiary/aromatic N) is 7. The summed E-state index contributed by atoms with van der Waals surface area (Å²) >= 11 is 1.76. The van der Waals surface area contributed by atoms with Gasteiger partial charge in [-0.1, -0.05) is 6.92 Å². The monoisotopic (exact) mass is 329 g/mol. The van der Waals surface area contributed by atoms with E-state index in [0.29, 0.717) is 5.92 Å². The highest BCUT2D eigenvalue weighted by Gasteiger charge is 2.25. The molecule has 1 aliphatic rings. The molecule has 23 heavy (non-hydrogen) atoms. The molecule has 1 aliphatic heterocycles. The summed E-state index contributed by atoms with van der Waals surface area (Å²) < 4.78 is 1.93. The molecule has 8 heteroatoms. The van der Waals surface area contributed by atoms with Gasteiger partial charge in [0.15, 0.2) is 17.0 Å². The average molecular weight is 329 g/mol. The summed E-state index contributed by atoms with van der Waals surface area (Å²) in [5.74, 6) is 1.46. The van der Waals surface area contributed by atoms with E-state index in [1.54, 1.807) is 24.0 Å². The molecule has 1 saturated heterocycles. The van der Waals surface area contributed by atoms with Crippen molar-refractivity contribution in [1.29, 1.82) is 0 Å². The second-order valence-electron chi connectivity index (χ2n) is 5.87. The molecule has 0 aliphatic carbocycles. The standard InChI is InChI=1S/C15H19N7S/c1-3-11-19-20-15(23-11)10-4-6-22(7-5-10)14-12-13(16-8-17-14)21(2)9-18-12/h8-10H,3-7H2,1-2H3. The van der Waals surface area contributed by atoms with Crippen molar-refractivity contribution >= 4 is 28.3 Å². The van der Waals surface area contributed by atoms with Gasteiger partial charge in [0, 0.05) is 26.1 Å². The van der Waals surface area contributed by atoms with Gasteiger partial charge < -0.3 is 9.47 Å². The molecule has 0 spiro atoms. The number of rotatable bonds is 3. The summed E-state index contributed by atoms with van der Waals surface area (Å²) in [5, 5.41) is 10.9. The van der Waals surface area contributed by atoms with E-state index in [1.165, 1.54) is 5.01 Å². The quantitative estimate of drug-likeness (QED) is 0.733. The maximum Gasteiger partial charge on any atom is 0.165 e. The molecule has 3 aromatic rings. The number of hydrogen-bond donors (Lipinski definition) is 0. The van der Waals surface area contributed by atoms with Crippen molar-refractivity contribution < 1.29 is 0 Å². The van der Waals surface area contributed by atoms with Gasteiger partial charge in [0.2, 0.25) is 0 Å². The van der Waals surface area contributed by atoms with Crippen molar-refractivity contribution in [3.8, 4) is 0 Å². The fraction of sp³-hybridized carbons (Fsp3) is 0.533. The van der Waals surface area contributed by atoms with E-state index in [2.05, 4.69) is 37.0 Å².